The van der Waals surface area contributed by atoms with Crippen molar-refractivity contribution in [1.82, 2.24) is 15.1 Å². The van der Waals surface area contributed by atoms with E-state index >= 15 is 0 Å². The number of ether oxygens (including phenoxy) is 1. The number of carbonyl (C=O) groups is 2. The summed E-state index contributed by atoms with van der Waals surface area (Å²) in [7, 11) is 4.78. The van der Waals surface area contributed by atoms with E-state index < -0.39 is 0 Å². The number of thiophene rings is 2. The molecule has 0 aliphatic carbocycles. The molecule has 1 amide bonds. The lowest BCUT2D eigenvalue weighted by Gasteiger charge is -2.10. The van der Waals surface area contributed by atoms with E-state index in [-0.39, 0.29) is 11.9 Å². The van der Waals surface area contributed by atoms with Crippen LogP contribution in [0.3, 0.4) is 0 Å². The fraction of sp³-hybridized carbons (Fsp3) is 0.267. The van der Waals surface area contributed by atoms with Crippen LogP contribution in [0.5, 0.6) is 0 Å². The van der Waals surface area contributed by atoms with Crippen molar-refractivity contribution >= 4 is 49.8 Å². The molecule has 24 heavy (non-hydrogen) atoms. The van der Waals surface area contributed by atoms with Gasteiger partial charge in [0.1, 0.15) is 16.3 Å². The summed E-state index contributed by atoms with van der Waals surface area (Å²) < 4.78 is 5.80. The first-order chi connectivity index (χ1) is 11.5. The highest BCUT2D eigenvalue weighted by atomic mass is 32.2. The zero-order chi connectivity index (χ0) is 17.3. The molecule has 0 fully saturated rings. The number of fused-ring (bicyclic) bond motifs is 1. The number of aromatic nitrogens is 2. The van der Waals surface area contributed by atoms with Crippen LogP contribution in [-0.2, 0) is 11.3 Å². The molecule has 0 aliphatic rings. The van der Waals surface area contributed by atoms with Gasteiger partial charge in [0.15, 0.2) is 0 Å². The van der Waals surface area contributed by atoms with Crippen LogP contribution in [-0.4, -0.2) is 48.2 Å². The number of hydrogen-bond acceptors (Lipinski definition) is 7. The summed E-state index contributed by atoms with van der Waals surface area (Å²) in [6.07, 6.45) is 1.51. The second-order valence-corrected chi connectivity index (χ2v) is 7.72. The van der Waals surface area contributed by atoms with Crippen molar-refractivity contribution in [3.05, 3.63) is 33.6 Å². The third-order valence-corrected chi connectivity index (χ3v) is 5.74. The molecule has 0 bridgehead atoms. The summed E-state index contributed by atoms with van der Waals surface area (Å²) in [5, 5.41) is 11.0. The van der Waals surface area contributed by atoms with Gasteiger partial charge in [-0.3, -0.25) is 9.89 Å². The minimum Gasteiger partial charge on any atom is -0.465 e. The largest absolute Gasteiger partial charge is 0.465 e. The summed E-state index contributed by atoms with van der Waals surface area (Å²) in [5.41, 5.74) is 0.506. The van der Waals surface area contributed by atoms with Gasteiger partial charge in [0, 0.05) is 24.4 Å². The predicted octanol–water partition coefficient (Wildman–Crippen LogP) is 2.79. The highest BCUT2D eigenvalue weighted by molar-refractivity contribution is 7.39. The first-order valence-electron chi connectivity index (χ1n) is 7.09. The number of aromatic amines is 1. The Kier molecular flexibility index (Phi) is 4.54. The van der Waals surface area contributed by atoms with Gasteiger partial charge in [-0.15, -0.1) is 22.7 Å². The number of nitrogens with zero attached hydrogens (tertiary/aromatic N) is 2. The maximum atomic E-state index is 12.1. The fourth-order valence-electron chi connectivity index (χ4n) is 2.18. The lowest BCUT2D eigenvalue weighted by molar-refractivity contribution is 0.0606. The van der Waals surface area contributed by atoms with Gasteiger partial charge in [-0.2, -0.15) is 5.10 Å². The van der Waals surface area contributed by atoms with Crippen LogP contribution in [0, 0.1) is 0 Å². The highest BCUT2D eigenvalue weighted by Crippen LogP contribution is 2.34. The van der Waals surface area contributed by atoms with Crippen molar-refractivity contribution in [3.63, 3.8) is 0 Å². The number of rotatable bonds is 5. The highest BCUT2D eigenvalue weighted by Gasteiger charge is 2.16. The summed E-state index contributed by atoms with van der Waals surface area (Å²) >= 11 is 3.03. The number of hydrogen-bond donors (Lipinski definition) is 2. The van der Waals surface area contributed by atoms with E-state index in [1.807, 2.05) is 12.1 Å². The summed E-state index contributed by atoms with van der Waals surface area (Å²) in [4.78, 5) is 26.8. The Morgan fingerprint density at radius 1 is 1.33 bits per heavy atom. The molecule has 0 aromatic carbocycles. The third kappa shape index (κ3) is 3.13. The van der Waals surface area contributed by atoms with Crippen LogP contribution in [0.2, 0.25) is 0 Å². The number of esters is 1. The molecule has 126 valence electrons. The molecule has 3 rings (SSSR count). The number of anilines is 1. The Morgan fingerprint density at radius 2 is 2.12 bits per heavy atom. The molecule has 0 unspecified atom stereocenters. The van der Waals surface area contributed by atoms with E-state index in [1.54, 1.807) is 25.4 Å². The van der Waals surface area contributed by atoms with Crippen LogP contribution >= 0.6 is 22.7 Å². The molecule has 0 aliphatic heterocycles. The molecule has 3 aromatic heterocycles. The molecule has 0 radical (unpaired) electrons. The monoisotopic (exact) mass is 364 g/mol. The second kappa shape index (κ2) is 6.62. The van der Waals surface area contributed by atoms with E-state index in [4.69, 9.17) is 4.74 Å². The van der Waals surface area contributed by atoms with Gasteiger partial charge in [0.25, 0.3) is 5.91 Å². The van der Waals surface area contributed by atoms with Gasteiger partial charge in [-0.05, 0) is 12.1 Å². The van der Waals surface area contributed by atoms with Crippen molar-refractivity contribution in [3.8, 4) is 0 Å². The zero-order valence-electron chi connectivity index (χ0n) is 13.4. The molecular weight excluding hydrogens is 348 g/mol. The van der Waals surface area contributed by atoms with Gasteiger partial charge >= 0.3 is 5.97 Å². The summed E-state index contributed by atoms with van der Waals surface area (Å²) in [6, 6.07) is 3.86. The van der Waals surface area contributed by atoms with E-state index in [2.05, 4.69) is 15.5 Å². The van der Waals surface area contributed by atoms with E-state index in [0.29, 0.717) is 22.8 Å². The molecule has 7 nitrogen and oxygen atoms in total. The van der Waals surface area contributed by atoms with Crippen LogP contribution in [0.15, 0.2) is 18.3 Å². The number of methoxy groups -OCH3 is 1. The van der Waals surface area contributed by atoms with Gasteiger partial charge < -0.3 is 15.0 Å². The van der Waals surface area contributed by atoms with Gasteiger partial charge in [0.2, 0.25) is 0 Å². The van der Waals surface area contributed by atoms with Crippen molar-refractivity contribution < 1.29 is 14.3 Å². The number of H-pyrrole nitrogens is 1. The van der Waals surface area contributed by atoms with Gasteiger partial charge in [-0.1, -0.05) is 0 Å². The molecule has 0 spiro atoms. The number of carbonyl (C=O) groups excluding carboxylic acids is 2. The lowest BCUT2D eigenvalue weighted by Crippen LogP contribution is -2.22. The first kappa shape index (κ1) is 16.5. The minimum atomic E-state index is -0.313. The van der Waals surface area contributed by atoms with E-state index in [0.717, 1.165) is 14.3 Å². The summed E-state index contributed by atoms with van der Waals surface area (Å²) in [5.74, 6) is 0.175. The molecule has 9 heteroatoms. The average molecular weight is 364 g/mol. The fourth-order valence-corrected chi connectivity index (χ4v) is 4.53. The number of nitrogens with one attached hydrogen (secondary N) is 2. The quantitative estimate of drug-likeness (QED) is 0.680. The first-order valence-corrected chi connectivity index (χ1v) is 8.72. The van der Waals surface area contributed by atoms with Crippen molar-refractivity contribution in [2.24, 2.45) is 0 Å². The molecule has 3 heterocycles. The normalized spacial score (nSPS) is 10.8. The standard InChI is InChI=1S/C15H16N4O3S2/c1-19(2)13(20)10-7-17-18-12(10)16-6-9-4-8-5-11(14(21)22-3)24-15(8)23-9/h4-5,7H,6H2,1-3H3,(H2,16,17,18). The Hall–Kier alpha value is -2.39. The van der Waals surface area contributed by atoms with E-state index in [1.165, 1.54) is 29.5 Å². The maximum Gasteiger partial charge on any atom is 0.348 e. The van der Waals surface area contributed by atoms with Crippen LogP contribution in [0.25, 0.3) is 9.40 Å². The molecule has 0 saturated heterocycles. The molecule has 3 aromatic rings. The minimum absolute atomic E-state index is 0.110. The van der Waals surface area contributed by atoms with Crippen LogP contribution in [0.4, 0.5) is 5.82 Å². The Morgan fingerprint density at radius 3 is 2.79 bits per heavy atom. The SMILES string of the molecule is COC(=O)c1cc2cc(CNc3[nH]ncc3C(=O)N(C)C)sc2s1. The molecule has 0 atom stereocenters. The molecule has 0 saturated carbocycles. The maximum absolute atomic E-state index is 12.1. The molecular formula is C15H16N4O3S2. The van der Waals surface area contributed by atoms with E-state index in [9.17, 15) is 9.59 Å². The lowest BCUT2D eigenvalue weighted by atomic mass is 10.3. The van der Waals surface area contributed by atoms with Crippen molar-refractivity contribution in [1.29, 1.82) is 0 Å². The Labute approximate surface area is 146 Å². The van der Waals surface area contributed by atoms with Crippen LogP contribution < -0.4 is 5.32 Å². The average Bonchev–Trinajstić information content (AvgIpc) is 3.24. The Bertz CT molecular complexity index is 862. The predicted molar refractivity (Wildman–Crippen MR) is 95.0 cm³/mol. The third-order valence-electron chi connectivity index (χ3n) is 3.37. The molecule has 2 N–H and O–H groups in total. The topological polar surface area (TPSA) is 87.3 Å². The smallest absolute Gasteiger partial charge is 0.348 e. The van der Waals surface area contributed by atoms with Gasteiger partial charge in [0.05, 0.1) is 23.9 Å². The second-order valence-electron chi connectivity index (χ2n) is 5.27. The zero-order valence-corrected chi connectivity index (χ0v) is 15.0. The Balaban J connectivity index is 1.72. The van der Waals surface area contributed by atoms with Crippen molar-refractivity contribution in [2.45, 2.75) is 6.54 Å². The summed E-state index contributed by atoms with van der Waals surface area (Å²) in [6.45, 7) is 0.565. The van der Waals surface area contributed by atoms with Crippen LogP contribution in [0.1, 0.15) is 24.9 Å². The number of amides is 1. The van der Waals surface area contributed by atoms with Gasteiger partial charge in [-0.25, -0.2) is 4.79 Å². The van der Waals surface area contributed by atoms with Crippen molar-refractivity contribution in [2.75, 3.05) is 26.5 Å².